The van der Waals surface area contributed by atoms with E-state index in [1.807, 2.05) is 24.3 Å². The number of hydrogen-bond acceptors (Lipinski definition) is 2. The molecule has 0 aromatic heterocycles. The first-order valence-corrected chi connectivity index (χ1v) is 7.19. The molecule has 0 radical (unpaired) electrons. The molecule has 1 rings (SSSR count). The van der Waals surface area contributed by atoms with Gasteiger partial charge in [0.05, 0.1) is 6.54 Å². The summed E-state index contributed by atoms with van der Waals surface area (Å²) in [6.45, 7) is 9.92. The molecule has 0 amide bonds. The molecule has 21 heavy (non-hydrogen) atoms. The maximum absolute atomic E-state index is 5.66. The minimum atomic E-state index is 0. The second kappa shape index (κ2) is 10.7. The zero-order valence-electron chi connectivity index (χ0n) is 13.6. The first-order valence-electron chi connectivity index (χ1n) is 7.19. The smallest absolute Gasteiger partial charge is 0.191 e. The maximum Gasteiger partial charge on any atom is 0.191 e. The van der Waals surface area contributed by atoms with Gasteiger partial charge < -0.3 is 15.4 Å². The predicted octanol–water partition coefficient (Wildman–Crippen LogP) is 3.20. The molecule has 1 aromatic rings. The van der Waals surface area contributed by atoms with Crippen molar-refractivity contribution < 1.29 is 4.74 Å². The van der Waals surface area contributed by atoms with Gasteiger partial charge in [-0.25, -0.2) is 0 Å². The van der Waals surface area contributed by atoms with Gasteiger partial charge >= 0.3 is 0 Å². The molecule has 0 spiro atoms. The van der Waals surface area contributed by atoms with E-state index in [2.05, 4.69) is 43.3 Å². The fourth-order valence-electron chi connectivity index (χ4n) is 1.55. The van der Waals surface area contributed by atoms with Crippen molar-refractivity contribution in [2.24, 2.45) is 10.9 Å². The minimum Gasteiger partial charge on any atom is -0.492 e. The van der Waals surface area contributed by atoms with Crippen LogP contribution in [-0.2, 0) is 0 Å². The van der Waals surface area contributed by atoms with Crippen LogP contribution in [0.15, 0.2) is 29.3 Å². The summed E-state index contributed by atoms with van der Waals surface area (Å²) in [5.74, 6) is 2.28. The lowest BCUT2D eigenvalue weighted by Crippen LogP contribution is -2.45. The van der Waals surface area contributed by atoms with Gasteiger partial charge in [-0.1, -0.05) is 31.5 Å². The Morgan fingerprint density at radius 3 is 2.33 bits per heavy atom. The fourth-order valence-corrected chi connectivity index (χ4v) is 1.55. The number of benzene rings is 1. The molecule has 1 aromatic carbocycles. The molecule has 1 atom stereocenters. The van der Waals surface area contributed by atoms with E-state index in [1.54, 1.807) is 7.05 Å². The van der Waals surface area contributed by atoms with Crippen LogP contribution >= 0.6 is 24.0 Å². The van der Waals surface area contributed by atoms with Gasteiger partial charge in [0.25, 0.3) is 0 Å². The Kier molecular flexibility index (Phi) is 10.2. The van der Waals surface area contributed by atoms with Crippen molar-refractivity contribution in [3.8, 4) is 5.75 Å². The average molecular weight is 405 g/mol. The summed E-state index contributed by atoms with van der Waals surface area (Å²) in [4.78, 5) is 4.21. The van der Waals surface area contributed by atoms with Crippen molar-refractivity contribution in [1.82, 2.24) is 10.6 Å². The highest BCUT2D eigenvalue weighted by Gasteiger charge is 2.08. The van der Waals surface area contributed by atoms with Gasteiger partial charge in [-0.2, -0.15) is 0 Å². The first-order chi connectivity index (χ1) is 9.52. The lowest BCUT2D eigenvalue weighted by Gasteiger charge is -2.20. The van der Waals surface area contributed by atoms with Crippen LogP contribution in [0.4, 0.5) is 0 Å². The average Bonchev–Trinajstić information content (AvgIpc) is 2.43. The van der Waals surface area contributed by atoms with E-state index in [1.165, 1.54) is 5.56 Å². The van der Waals surface area contributed by atoms with Crippen LogP contribution in [0.2, 0.25) is 0 Å². The molecule has 0 aliphatic carbocycles. The molecule has 120 valence electrons. The third-order valence-electron chi connectivity index (χ3n) is 3.27. The molecular formula is C16H28IN3O. The number of guanidine groups is 1. The molecule has 2 N–H and O–H groups in total. The van der Waals surface area contributed by atoms with E-state index in [0.717, 1.165) is 18.3 Å². The highest BCUT2D eigenvalue weighted by Crippen LogP contribution is 2.10. The zero-order valence-corrected chi connectivity index (χ0v) is 16.0. The Morgan fingerprint density at radius 1 is 1.19 bits per heavy atom. The van der Waals surface area contributed by atoms with Gasteiger partial charge in [0.1, 0.15) is 12.4 Å². The highest BCUT2D eigenvalue weighted by molar-refractivity contribution is 14.0. The summed E-state index contributed by atoms with van der Waals surface area (Å²) < 4.78 is 5.66. The van der Waals surface area contributed by atoms with E-state index in [0.29, 0.717) is 18.6 Å². The molecule has 4 nitrogen and oxygen atoms in total. The highest BCUT2D eigenvalue weighted by atomic mass is 127. The monoisotopic (exact) mass is 405 g/mol. The minimum absolute atomic E-state index is 0. The first kappa shape index (κ1) is 20.0. The summed E-state index contributed by atoms with van der Waals surface area (Å²) in [5.41, 5.74) is 1.24. The van der Waals surface area contributed by atoms with Gasteiger partial charge in [0.15, 0.2) is 5.96 Å². The lowest BCUT2D eigenvalue weighted by molar-refractivity contribution is 0.321. The summed E-state index contributed by atoms with van der Waals surface area (Å²) in [6.07, 6.45) is 0. The Balaban J connectivity index is 0.00000400. The number of nitrogens with zero attached hydrogens (tertiary/aromatic N) is 1. The van der Waals surface area contributed by atoms with Gasteiger partial charge in [-0.05, 0) is 31.9 Å². The Hall–Kier alpha value is -0.980. The topological polar surface area (TPSA) is 45.7 Å². The zero-order chi connectivity index (χ0) is 15.0. The van der Waals surface area contributed by atoms with E-state index in [4.69, 9.17) is 4.74 Å². The van der Waals surface area contributed by atoms with Crippen LogP contribution in [0.3, 0.4) is 0 Å². The Bertz CT molecular complexity index is 418. The number of aryl methyl sites for hydroxylation is 1. The van der Waals surface area contributed by atoms with Crippen molar-refractivity contribution in [1.29, 1.82) is 0 Å². The quantitative estimate of drug-likeness (QED) is 0.331. The lowest BCUT2D eigenvalue weighted by atomic mass is 10.1. The second-order valence-electron chi connectivity index (χ2n) is 5.34. The van der Waals surface area contributed by atoms with Crippen LogP contribution in [0, 0.1) is 12.8 Å². The van der Waals surface area contributed by atoms with Crippen molar-refractivity contribution in [2.45, 2.75) is 33.7 Å². The largest absolute Gasteiger partial charge is 0.492 e. The number of hydrogen-bond donors (Lipinski definition) is 2. The number of rotatable bonds is 6. The van der Waals surface area contributed by atoms with E-state index >= 15 is 0 Å². The number of ether oxygens (including phenoxy) is 1. The van der Waals surface area contributed by atoms with Crippen LogP contribution in [-0.4, -0.2) is 32.2 Å². The Labute approximate surface area is 145 Å². The summed E-state index contributed by atoms with van der Waals surface area (Å²) in [6, 6.07) is 8.47. The molecule has 0 saturated heterocycles. The van der Waals surface area contributed by atoms with Gasteiger partial charge in [-0.3, -0.25) is 4.99 Å². The van der Waals surface area contributed by atoms with Crippen LogP contribution < -0.4 is 15.4 Å². The number of nitrogens with one attached hydrogen (secondary N) is 2. The van der Waals surface area contributed by atoms with Gasteiger partial charge in [0, 0.05) is 13.1 Å². The van der Waals surface area contributed by atoms with E-state index < -0.39 is 0 Å². The third kappa shape index (κ3) is 8.14. The SMILES string of the molecule is CN=C(NCCOc1ccc(C)cc1)NC(C)C(C)C.I. The normalized spacial score (nSPS) is 12.6. The molecule has 0 fully saturated rings. The van der Waals surface area contributed by atoms with Gasteiger partial charge in [0.2, 0.25) is 0 Å². The molecule has 0 saturated carbocycles. The van der Waals surface area contributed by atoms with Crippen LogP contribution in [0.5, 0.6) is 5.75 Å². The molecule has 0 aliphatic rings. The van der Waals surface area contributed by atoms with Crippen molar-refractivity contribution in [2.75, 3.05) is 20.2 Å². The van der Waals surface area contributed by atoms with Crippen molar-refractivity contribution in [3.05, 3.63) is 29.8 Å². The summed E-state index contributed by atoms with van der Waals surface area (Å²) in [5, 5.41) is 6.61. The Morgan fingerprint density at radius 2 is 1.81 bits per heavy atom. The van der Waals surface area contributed by atoms with Crippen LogP contribution in [0.25, 0.3) is 0 Å². The number of halogens is 1. The maximum atomic E-state index is 5.66. The standard InChI is InChI=1S/C16H27N3O.HI/c1-12(2)14(4)19-16(17-5)18-10-11-20-15-8-6-13(3)7-9-15;/h6-9,12,14H,10-11H2,1-5H3,(H2,17,18,19);1H. The predicted molar refractivity (Wildman–Crippen MR) is 101 cm³/mol. The fraction of sp³-hybridized carbons (Fsp3) is 0.562. The van der Waals surface area contributed by atoms with Gasteiger partial charge in [-0.15, -0.1) is 24.0 Å². The van der Waals surface area contributed by atoms with Crippen LogP contribution in [0.1, 0.15) is 26.3 Å². The van der Waals surface area contributed by atoms with E-state index in [-0.39, 0.29) is 24.0 Å². The molecule has 1 unspecified atom stereocenters. The second-order valence-corrected chi connectivity index (χ2v) is 5.34. The molecule has 0 aliphatic heterocycles. The van der Waals surface area contributed by atoms with Crippen molar-refractivity contribution >= 4 is 29.9 Å². The van der Waals surface area contributed by atoms with E-state index in [9.17, 15) is 0 Å². The summed E-state index contributed by atoms with van der Waals surface area (Å²) >= 11 is 0. The molecular weight excluding hydrogens is 377 g/mol. The van der Waals surface area contributed by atoms with Crippen molar-refractivity contribution in [3.63, 3.8) is 0 Å². The number of aliphatic imine (C=N–C) groups is 1. The molecule has 0 heterocycles. The third-order valence-corrected chi connectivity index (χ3v) is 3.27. The molecule has 0 bridgehead atoms. The summed E-state index contributed by atoms with van der Waals surface area (Å²) in [7, 11) is 1.78. The molecule has 5 heteroatoms.